The molecule has 2 nitrogen and oxygen atoms in total. The van der Waals surface area contributed by atoms with E-state index in [1.807, 2.05) is 6.07 Å². The molecule has 0 bridgehead atoms. The molecule has 4 heteroatoms. The molecule has 0 aliphatic heterocycles. The molecule has 1 unspecified atom stereocenters. The summed E-state index contributed by atoms with van der Waals surface area (Å²) in [6, 6.07) is 5.41. The summed E-state index contributed by atoms with van der Waals surface area (Å²) in [7, 11) is 1.56. The van der Waals surface area contributed by atoms with Crippen LogP contribution >= 0.6 is 23.2 Å². The summed E-state index contributed by atoms with van der Waals surface area (Å²) in [5.41, 5.74) is 0.948. The SMILES string of the molecule is COc1ccc(CC(O)CCl)cc1Cl. The van der Waals surface area contributed by atoms with E-state index in [9.17, 15) is 5.11 Å². The maximum Gasteiger partial charge on any atom is 0.137 e. The van der Waals surface area contributed by atoms with Crippen molar-refractivity contribution in [3.8, 4) is 5.75 Å². The molecule has 0 saturated heterocycles. The highest BCUT2D eigenvalue weighted by atomic mass is 35.5. The van der Waals surface area contributed by atoms with Crippen LogP contribution in [0.15, 0.2) is 18.2 Å². The van der Waals surface area contributed by atoms with Crippen LogP contribution in [0.1, 0.15) is 5.56 Å². The van der Waals surface area contributed by atoms with Crippen molar-refractivity contribution in [2.24, 2.45) is 0 Å². The average molecular weight is 235 g/mol. The van der Waals surface area contributed by atoms with Crippen molar-refractivity contribution in [3.63, 3.8) is 0 Å². The zero-order chi connectivity index (χ0) is 10.6. The van der Waals surface area contributed by atoms with Gasteiger partial charge in [0.1, 0.15) is 5.75 Å². The van der Waals surface area contributed by atoms with Gasteiger partial charge in [-0.1, -0.05) is 17.7 Å². The van der Waals surface area contributed by atoms with E-state index in [1.54, 1.807) is 19.2 Å². The van der Waals surface area contributed by atoms with Gasteiger partial charge >= 0.3 is 0 Å². The molecular weight excluding hydrogens is 223 g/mol. The molecule has 1 rings (SSSR count). The van der Waals surface area contributed by atoms with Crippen LogP contribution in [0.25, 0.3) is 0 Å². The summed E-state index contributed by atoms with van der Waals surface area (Å²) in [6.45, 7) is 0. The number of methoxy groups -OCH3 is 1. The fourth-order valence-corrected chi connectivity index (χ4v) is 1.55. The molecule has 1 aromatic carbocycles. The van der Waals surface area contributed by atoms with E-state index in [0.717, 1.165) is 5.56 Å². The lowest BCUT2D eigenvalue weighted by atomic mass is 10.1. The maximum absolute atomic E-state index is 9.32. The summed E-state index contributed by atoms with van der Waals surface area (Å²) in [4.78, 5) is 0. The molecule has 0 heterocycles. The van der Waals surface area contributed by atoms with Gasteiger partial charge in [0.25, 0.3) is 0 Å². The molecule has 0 spiro atoms. The Morgan fingerprint density at radius 2 is 2.21 bits per heavy atom. The number of halogens is 2. The molecule has 1 N–H and O–H groups in total. The van der Waals surface area contributed by atoms with E-state index in [1.165, 1.54) is 0 Å². The van der Waals surface area contributed by atoms with Crippen LogP contribution in [0.5, 0.6) is 5.75 Å². The largest absolute Gasteiger partial charge is 0.495 e. The molecule has 14 heavy (non-hydrogen) atoms. The Morgan fingerprint density at radius 3 is 2.71 bits per heavy atom. The second-order valence-electron chi connectivity index (χ2n) is 2.98. The van der Waals surface area contributed by atoms with Crippen LogP contribution in [0.4, 0.5) is 0 Å². The summed E-state index contributed by atoms with van der Waals surface area (Å²) < 4.78 is 5.01. The van der Waals surface area contributed by atoms with Gasteiger partial charge in [-0.25, -0.2) is 0 Å². The third-order valence-electron chi connectivity index (χ3n) is 1.87. The van der Waals surface area contributed by atoms with Crippen LogP contribution in [0, 0.1) is 0 Å². The standard InChI is InChI=1S/C10H12Cl2O2/c1-14-10-3-2-7(5-9(10)12)4-8(13)6-11/h2-3,5,8,13H,4,6H2,1H3. The van der Waals surface area contributed by atoms with E-state index in [4.69, 9.17) is 27.9 Å². The summed E-state index contributed by atoms with van der Waals surface area (Å²) in [5, 5.41) is 9.87. The topological polar surface area (TPSA) is 29.5 Å². The van der Waals surface area contributed by atoms with Crippen molar-refractivity contribution in [2.75, 3.05) is 13.0 Å². The highest BCUT2D eigenvalue weighted by molar-refractivity contribution is 6.32. The molecule has 78 valence electrons. The summed E-state index contributed by atoms with van der Waals surface area (Å²) in [5.74, 6) is 0.861. The number of aliphatic hydroxyl groups excluding tert-OH is 1. The molecule has 0 aromatic heterocycles. The number of alkyl halides is 1. The molecule has 0 saturated carbocycles. The van der Waals surface area contributed by atoms with E-state index in [0.29, 0.717) is 17.2 Å². The van der Waals surface area contributed by atoms with Gasteiger partial charge in [-0.15, -0.1) is 11.6 Å². The first-order chi connectivity index (χ1) is 6.67. The van der Waals surface area contributed by atoms with Crippen molar-refractivity contribution in [2.45, 2.75) is 12.5 Å². The number of ether oxygens (including phenoxy) is 1. The first-order valence-electron chi connectivity index (χ1n) is 4.23. The zero-order valence-corrected chi connectivity index (χ0v) is 9.35. The Balaban J connectivity index is 2.76. The molecule has 0 aliphatic rings. The second-order valence-corrected chi connectivity index (χ2v) is 3.70. The Labute approximate surface area is 93.4 Å². The highest BCUT2D eigenvalue weighted by Gasteiger charge is 2.06. The van der Waals surface area contributed by atoms with Gasteiger partial charge < -0.3 is 9.84 Å². The Kier molecular flexibility index (Phi) is 4.52. The minimum Gasteiger partial charge on any atom is -0.495 e. The molecule has 0 radical (unpaired) electrons. The van der Waals surface area contributed by atoms with E-state index >= 15 is 0 Å². The van der Waals surface area contributed by atoms with Crippen LogP contribution in [0.2, 0.25) is 5.02 Å². The predicted molar refractivity (Wildman–Crippen MR) is 58.4 cm³/mol. The van der Waals surface area contributed by atoms with Crippen molar-refractivity contribution >= 4 is 23.2 Å². The van der Waals surface area contributed by atoms with Crippen LogP contribution in [0.3, 0.4) is 0 Å². The Bertz CT molecular complexity index is 302. The van der Waals surface area contributed by atoms with Gasteiger partial charge in [0, 0.05) is 5.88 Å². The molecule has 0 aliphatic carbocycles. The zero-order valence-electron chi connectivity index (χ0n) is 7.84. The van der Waals surface area contributed by atoms with Gasteiger partial charge in [-0.2, -0.15) is 0 Å². The van der Waals surface area contributed by atoms with Gasteiger partial charge in [-0.05, 0) is 24.1 Å². The lowest BCUT2D eigenvalue weighted by Gasteiger charge is -2.08. The highest BCUT2D eigenvalue weighted by Crippen LogP contribution is 2.25. The van der Waals surface area contributed by atoms with Gasteiger partial charge in [0.15, 0.2) is 0 Å². The normalized spacial score (nSPS) is 12.6. The first-order valence-corrected chi connectivity index (χ1v) is 5.15. The van der Waals surface area contributed by atoms with E-state index in [-0.39, 0.29) is 5.88 Å². The van der Waals surface area contributed by atoms with Crippen molar-refractivity contribution in [1.82, 2.24) is 0 Å². The third kappa shape index (κ3) is 3.05. The Hall–Kier alpha value is -0.440. The second kappa shape index (κ2) is 5.44. The van der Waals surface area contributed by atoms with Crippen LogP contribution < -0.4 is 4.74 Å². The average Bonchev–Trinajstić information content (AvgIpc) is 2.18. The van der Waals surface area contributed by atoms with Crippen molar-refractivity contribution in [1.29, 1.82) is 0 Å². The minimum atomic E-state index is -0.527. The maximum atomic E-state index is 9.32. The smallest absolute Gasteiger partial charge is 0.137 e. The first kappa shape index (κ1) is 11.6. The molecule has 0 fully saturated rings. The molecular formula is C10H12Cl2O2. The van der Waals surface area contributed by atoms with Gasteiger partial charge in [-0.3, -0.25) is 0 Å². The predicted octanol–water partition coefficient (Wildman–Crippen LogP) is 2.49. The Morgan fingerprint density at radius 1 is 1.50 bits per heavy atom. The summed E-state index contributed by atoms with van der Waals surface area (Å²) >= 11 is 11.4. The van der Waals surface area contributed by atoms with Crippen molar-refractivity contribution in [3.05, 3.63) is 28.8 Å². The number of rotatable bonds is 4. The fourth-order valence-electron chi connectivity index (χ4n) is 1.16. The summed E-state index contributed by atoms with van der Waals surface area (Å²) in [6.07, 6.45) is -0.0196. The lowest BCUT2D eigenvalue weighted by molar-refractivity contribution is 0.198. The quantitative estimate of drug-likeness (QED) is 0.812. The molecule has 0 amide bonds. The fraction of sp³-hybridized carbons (Fsp3) is 0.400. The number of benzene rings is 1. The van der Waals surface area contributed by atoms with Gasteiger partial charge in [0.05, 0.1) is 18.2 Å². The van der Waals surface area contributed by atoms with E-state index in [2.05, 4.69) is 0 Å². The van der Waals surface area contributed by atoms with Crippen LogP contribution in [-0.2, 0) is 6.42 Å². The number of hydrogen-bond acceptors (Lipinski definition) is 2. The van der Waals surface area contributed by atoms with E-state index < -0.39 is 6.10 Å². The monoisotopic (exact) mass is 234 g/mol. The number of hydrogen-bond donors (Lipinski definition) is 1. The molecule has 1 aromatic rings. The number of aliphatic hydroxyl groups is 1. The van der Waals surface area contributed by atoms with Gasteiger partial charge in [0.2, 0.25) is 0 Å². The lowest BCUT2D eigenvalue weighted by Crippen LogP contribution is -2.11. The molecule has 1 atom stereocenters. The minimum absolute atomic E-state index is 0.226. The third-order valence-corrected chi connectivity index (χ3v) is 2.52. The van der Waals surface area contributed by atoms with Crippen LogP contribution in [-0.4, -0.2) is 24.2 Å². The van der Waals surface area contributed by atoms with Crippen molar-refractivity contribution < 1.29 is 9.84 Å².